The zero-order valence-electron chi connectivity index (χ0n) is 20.4. The van der Waals surface area contributed by atoms with E-state index in [9.17, 15) is 26.6 Å². The highest BCUT2D eigenvalue weighted by Crippen LogP contribution is 2.49. The number of alkyl halides is 4. The molecule has 2 aliphatic heterocycles. The lowest BCUT2D eigenvalue weighted by molar-refractivity contribution is -0.00686. The van der Waals surface area contributed by atoms with Crippen molar-refractivity contribution in [2.45, 2.75) is 55.1 Å². The molecule has 0 saturated carbocycles. The molecule has 2 aromatic rings. The molecule has 0 saturated heterocycles. The van der Waals surface area contributed by atoms with E-state index in [1.165, 1.54) is 20.8 Å². The third kappa shape index (κ3) is 4.76. The zero-order chi connectivity index (χ0) is 28.1. The maximum atomic E-state index is 15.1. The van der Waals surface area contributed by atoms with Crippen LogP contribution in [-0.2, 0) is 15.3 Å². The second kappa shape index (κ2) is 9.39. The van der Waals surface area contributed by atoms with Crippen LogP contribution in [0.1, 0.15) is 43.4 Å². The molecule has 10 nitrogen and oxygen atoms in total. The third-order valence-corrected chi connectivity index (χ3v) is 10.1. The molecule has 2 aliphatic rings. The lowest BCUT2D eigenvalue weighted by Crippen LogP contribution is -2.62. The first kappa shape index (κ1) is 27.6. The van der Waals surface area contributed by atoms with Gasteiger partial charge in [-0.05, 0) is 32.9 Å². The molecule has 1 amide bonds. The Labute approximate surface area is 214 Å². The predicted molar refractivity (Wildman–Crippen MR) is 128 cm³/mol. The van der Waals surface area contributed by atoms with Crippen LogP contribution in [0, 0.1) is 5.82 Å². The molecule has 38 heavy (non-hydrogen) atoms. The summed E-state index contributed by atoms with van der Waals surface area (Å²) >= 11 is 0. The maximum absolute atomic E-state index is 15.1. The van der Waals surface area contributed by atoms with Gasteiger partial charge in [-0.2, -0.15) is 0 Å². The number of hydrogen-bond acceptors (Lipinski definition) is 9. The topological polar surface area (TPSA) is 145 Å². The largest absolute Gasteiger partial charge is 0.470 e. The monoisotopic (exact) mass is 561 g/mol. The number of carbonyl (C=O) groups is 1. The number of pyridine rings is 1. The Balaban J connectivity index is 1.68. The summed E-state index contributed by atoms with van der Waals surface area (Å²) in [7, 11) is -3.48. The highest BCUT2D eigenvalue weighted by molar-refractivity contribution is 7.96. The third-order valence-electron chi connectivity index (χ3n) is 6.47. The number of nitrogens with zero attached hydrogens (tertiary/aromatic N) is 5. The van der Waals surface area contributed by atoms with Gasteiger partial charge in [0.2, 0.25) is 5.88 Å². The fourth-order valence-electron chi connectivity index (χ4n) is 4.27. The Kier molecular flexibility index (Phi) is 6.82. The van der Waals surface area contributed by atoms with E-state index >= 15 is 4.39 Å². The Morgan fingerprint density at radius 1 is 1.24 bits per heavy atom. The van der Waals surface area contributed by atoms with Gasteiger partial charge in [-0.3, -0.25) is 9.79 Å². The van der Waals surface area contributed by atoms with Gasteiger partial charge in [0.1, 0.15) is 45.7 Å². The number of anilines is 1. The van der Waals surface area contributed by atoms with Crippen LogP contribution in [0.4, 0.5) is 27.8 Å². The zero-order valence-corrected chi connectivity index (χ0v) is 21.2. The van der Waals surface area contributed by atoms with Gasteiger partial charge in [0.25, 0.3) is 18.3 Å². The predicted octanol–water partition coefficient (Wildman–Crippen LogP) is 3.15. The number of halogens is 5. The molecular formula is C22H24F5N7O3S. The van der Waals surface area contributed by atoms with Crippen LogP contribution >= 0.6 is 0 Å². The summed E-state index contributed by atoms with van der Waals surface area (Å²) in [6.07, 6.45) is -1.68. The van der Waals surface area contributed by atoms with Crippen LogP contribution in [0.5, 0.6) is 5.88 Å². The minimum atomic E-state index is -3.48. The minimum Gasteiger partial charge on any atom is -0.470 e. The van der Waals surface area contributed by atoms with E-state index in [2.05, 4.69) is 29.6 Å². The highest BCUT2D eigenvalue weighted by Gasteiger charge is 2.60. The SMILES string of the molecule is CC1(C)C(N)=N[C@](C)(c2nc(NC(=O)c3cnc(OCC(F)F)cn3)ccc2F)[C@H]2CC(F)(F)CN=[S@@]21=O. The molecule has 0 unspecified atom stereocenters. The maximum Gasteiger partial charge on any atom is 0.277 e. The van der Waals surface area contributed by atoms with Crippen LogP contribution in [0.2, 0.25) is 0 Å². The summed E-state index contributed by atoms with van der Waals surface area (Å²) in [6, 6.07) is 2.06. The first-order chi connectivity index (χ1) is 17.6. The minimum absolute atomic E-state index is 0.157. The second-order valence-corrected chi connectivity index (χ2v) is 12.5. The van der Waals surface area contributed by atoms with Gasteiger partial charge in [0.15, 0.2) is 6.61 Å². The van der Waals surface area contributed by atoms with E-state index in [1.54, 1.807) is 0 Å². The molecule has 4 heterocycles. The van der Waals surface area contributed by atoms with Crippen LogP contribution < -0.4 is 15.8 Å². The smallest absolute Gasteiger partial charge is 0.277 e. The average Bonchev–Trinajstić information content (AvgIpc) is 2.84. The molecule has 0 aromatic carbocycles. The van der Waals surface area contributed by atoms with Crippen molar-refractivity contribution in [3.63, 3.8) is 0 Å². The Hall–Kier alpha value is -3.43. The standard InChI is InChI=1S/C22H24F5N7O3S/c1-20(2)19(28)34-21(3,13-6-22(26,27)10-31-38(13,20)36)17-11(23)4-5-15(32-17)33-18(35)12-7-30-16(8-29-12)37-9-14(24)25/h4-5,7-8,13-14H,6,9-10H2,1-3H3,(H2,28,34)(H,32,33,35)/t13-,21+,38-/m1/s1. The molecule has 3 N–H and O–H groups in total. The van der Waals surface area contributed by atoms with Crippen molar-refractivity contribution in [1.29, 1.82) is 0 Å². The summed E-state index contributed by atoms with van der Waals surface area (Å²) in [4.78, 5) is 28.6. The van der Waals surface area contributed by atoms with E-state index < -0.39 is 74.6 Å². The first-order valence-electron chi connectivity index (χ1n) is 11.3. The number of carbonyl (C=O) groups excluding carboxylic acids is 1. The van der Waals surface area contributed by atoms with Crippen molar-refractivity contribution < 1.29 is 35.7 Å². The van der Waals surface area contributed by atoms with E-state index in [1.807, 2.05) is 0 Å². The summed E-state index contributed by atoms with van der Waals surface area (Å²) in [6.45, 7) is 2.40. The molecule has 0 fully saturated rings. The number of hydrogen-bond donors (Lipinski definition) is 2. The number of fused-ring (bicyclic) bond motifs is 1. The van der Waals surface area contributed by atoms with E-state index in [0.29, 0.717) is 0 Å². The van der Waals surface area contributed by atoms with Crippen LogP contribution in [0.15, 0.2) is 33.9 Å². The van der Waals surface area contributed by atoms with Gasteiger partial charge >= 0.3 is 0 Å². The quantitative estimate of drug-likeness (QED) is 0.516. The number of amidine groups is 1. The lowest BCUT2D eigenvalue weighted by atomic mass is 9.88. The van der Waals surface area contributed by atoms with Crippen LogP contribution in [-0.4, -0.2) is 66.4 Å². The number of nitrogens with two attached hydrogens (primary N) is 1. The first-order valence-corrected chi connectivity index (χ1v) is 12.8. The van der Waals surface area contributed by atoms with Gasteiger partial charge in [-0.1, -0.05) is 0 Å². The van der Waals surface area contributed by atoms with Gasteiger partial charge < -0.3 is 15.8 Å². The highest BCUT2D eigenvalue weighted by atomic mass is 32.2. The fourth-order valence-corrected chi connectivity index (χ4v) is 7.47. The number of aliphatic imine (C=N–C) groups is 1. The molecule has 16 heteroatoms. The van der Waals surface area contributed by atoms with Crippen LogP contribution in [0.25, 0.3) is 0 Å². The molecular weight excluding hydrogens is 537 g/mol. The molecule has 2 aromatic heterocycles. The molecule has 206 valence electrons. The summed E-state index contributed by atoms with van der Waals surface area (Å²) in [5, 5.41) is 0.931. The molecule has 0 bridgehead atoms. The van der Waals surface area contributed by atoms with Crippen molar-refractivity contribution >= 4 is 27.3 Å². The number of nitrogens with one attached hydrogen (secondary N) is 1. The number of aromatic nitrogens is 3. The van der Waals surface area contributed by atoms with E-state index in [0.717, 1.165) is 24.5 Å². The molecule has 4 rings (SSSR count). The van der Waals surface area contributed by atoms with E-state index in [4.69, 9.17) is 10.5 Å². The van der Waals surface area contributed by atoms with Gasteiger partial charge in [-0.15, -0.1) is 0 Å². The normalized spacial score (nSPS) is 27.6. The van der Waals surface area contributed by atoms with Crippen molar-refractivity contribution in [1.82, 2.24) is 15.0 Å². The number of amides is 1. The van der Waals surface area contributed by atoms with Gasteiger partial charge in [0.05, 0.1) is 27.4 Å². The van der Waals surface area contributed by atoms with E-state index in [-0.39, 0.29) is 23.2 Å². The van der Waals surface area contributed by atoms with Crippen molar-refractivity contribution in [2.24, 2.45) is 15.1 Å². The van der Waals surface area contributed by atoms with Crippen molar-refractivity contribution in [3.05, 3.63) is 41.7 Å². The fraction of sp³-hybridized carbons (Fsp3) is 0.500. The Morgan fingerprint density at radius 2 is 1.95 bits per heavy atom. The molecule has 0 radical (unpaired) electrons. The number of rotatable bonds is 6. The lowest BCUT2D eigenvalue weighted by Gasteiger charge is -2.48. The van der Waals surface area contributed by atoms with Crippen molar-refractivity contribution in [2.75, 3.05) is 18.5 Å². The summed E-state index contributed by atoms with van der Waals surface area (Å²) in [5.41, 5.74) is 3.51. The molecule has 3 atom stereocenters. The summed E-state index contributed by atoms with van der Waals surface area (Å²) < 4.78 is 89.9. The Morgan fingerprint density at radius 3 is 2.58 bits per heavy atom. The second-order valence-electron chi connectivity index (χ2n) is 9.48. The molecule has 0 aliphatic carbocycles. The average molecular weight is 562 g/mol. The van der Waals surface area contributed by atoms with Crippen LogP contribution in [0.3, 0.4) is 0 Å². The van der Waals surface area contributed by atoms with Crippen molar-refractivity contribution in [3.8, 4) is 5.88 Å². The number of ether oxygens (including phenoxy) is 1. The van der Waals surface area contributed by atoms with Gasteiger partial charge in [0, 0.05) is 6.42 Å². The summed E-state index contributed by atoms with van der Waals surface area (Å²) in [5.74, 6) is -5.68. The van der Waals surface area contributed by atoms with Gasteiger partial charge in [-0.25, -0.2) is 45.5 Å². The Bertz CT molecular complexity index is 1410. The molecule has 0 spiro atoms.